The Balaban J connectivity index is 1.63. The molecule has 4 aliphatic carbocycles. The SMILES string of the molecule is CC(C)=C(C)CC[C@@H](C)[C@H]1CC[C@@]2(C)C3=C(CC[C@]12C)[C@@]1(C)CC[C@H](O)CC1[C@@H](O)C3. The zero-order valence-electron chi connectivity index (χ0n) is 21.4. The summed E-state index contributed by atoms with van der Waals surface area (Å²) in [5, 5.41) is 21.6. The zero-order valence-corrected chi connectivity index (χ0v) is 21.4. The molecule has 2 N–H and O–H groups in total. The molecule has 0 heterocycles. The van der Waals surface area contributed by atoms with Gasteiger partial charge in [-0.2, -0.15) is 0 Å². The molecule has 2 fully saturated rings. The molecule has 0 aromatic rings. The number of hydrogen-bond donors (Lipinski definition) is 2. The normalized spacial score (nSPS) is 45.6. The van der Waals surface area contributed by atoms with Crippen LogP contribution >= 0.6 is 0 Å². The Morgan fingerprint density at radius 3 is 2.39 bits per heavy atom. The first-order chi connectivity index (χ1) is 14.4. The number of aliphatic hydroxyl groups is 2. The van der Waals surface area contributed by atoms with Gasteiger partial charge in [0.25, 0.3) is 0 Å². The van der Waals surface area contributed by atoms with Crippen LogP contribution in [0.2, 0.25) is 0 Å². The molecular weight excluding hydrogens is 380 g/mol. The quantitative estimate of drug-likeness (QED) is 0.465. The van der Waals surface area contributed by atoms with E-state index in [0.29, 0.717) is 5.41 Å². The minimum absolute atomic E-state index is 0.0980. The third-order valence-electron chi connectivity index (χ3n) is 11.4. The van der Waals surface area contributed by atoms with Crippen molar-refractivity contribution in [1.82, 2.24) is 0 Å². The molecule has 0 bridgehead atoms. The average molecular weight is 429 g/mol. The standard InChI is InChI=1S/C29H48O2/c1-18(2)19(3)8-9-20(4)22-11-14-29(7)24-17-26(31)25-16-21(30)10-13-27(25,5)23(24)12-15-28(22,29)6/h20-22,25-26,30-31H,8-17H2,1-7H3/t20-,21+,22-,25?,26+,27-,28-,29+/m1/s1. The highest BCUT2D eigenvalue weighted by Crippen LogP contribution is 2.71. The van der Waals surface area contributed by atoms with E-state index in [1.54, 1.807) is 16.7 Å². The van der Waals surface area contributed by atoms with E-state index in [-0.39, 0.29) is 29.0 Å². The molecule has 2 nitrogen and oxygen atoms in total. The molecule has 176 valence electrons. The monoisotopic (exact) mass is 428 g/mol. The molecule has 2 heteroatoms. The maximum atomic E-state index is 11.3. The first kappa shape index (κ1) is 23.6. The molecule has 4 aliphatic rings. The highest BCUT2D eigenvalue weighted by molar-refractivity contribution is 5.39. The molecule has 0 aromatic carbocycles. The second kappa shape index (κ2) is 8.01. The molecule has 8 atom stereocenters. The van der Waals surface area contributed by atoms with Crippen molar-refractivity contribution in [1.29, 1.82) is 0 Å². The van der Waals surface area contributed by atoms with Crippen LogP contribution in [-0.2, 0) is 0 Å². The largest absolute Gasteiger partial charge is 0.393 e. The molecule has 31 heavy (non-hydrogen) atoms. The van der Waals surface area contributed by atoms with Crippen molar-refractivity contribution in [3.05, 3.63) is 22.3 Å². The lowest BCUT2D eigenvalue weighted by atomic mass is 9.46. The molecule has 2 saturated carbocycles. The van der Waals surface area contributed by atoms with Gasteiger partial charge in [-0.25, -0.2) is 0 Å². The van der Waals surface area contributed by atoms with Gasteiger partial charge < -0.3 is 10.2 Å². The van der Waals surface area contributed by atoms with Gasteiger partial charge in [-0.1, -0.05) is 50.0 Å². The van der Waals surface area contributed by atoms with E-state index in [4.69, 9.17) is 0 Å². The van der Waals surface area contributed by atoms with Crippen molar-refractivity contribution >= 4 is 0 Å². The number of fused-ring (bicyclic) bond motifs is 4. The van der Waals surface area contributed by atoms with Gasteiger partial charge in [0.1, 0.15) is 0 Å². The van der Waals surface area contributed by atoms with Crippen molar-refractivity contribution in [2.24, 2.45) is 34.0 Å². The van der Waals surface area contributed by atoms with Crippen LogP contribution < -0.4 is 0 Å². The fraction of sp³-hybridized carbons (Fsp3) is 0.862. The zero-order chi connectivity index (χ0) is 22.8. The van der Waals surface area contributed by atoms with Crippen molar-refractivity contribution in [2.75, 3.05) is 0 Å². The summed E-state index contributed by atoms with van der Waals surface area (Å²) in [6.45, 7) is 16.9. The van der Waals surface area contributed by atoms with Gasteiger partial charge >= 0.3 is 0 Å². The number of rotatable bonds is 4. The summed E-state index contributed by atoms with van der Waals surface area (Å²) in [6, 6.07) is 0. The van der Waals surface area contributed by atoms with E-state index in [9.17, 15) is 10.2 Å². The van der Waals surface area contributed by atoms with Crippen molar-refractivity contribution < 1.29 is 10.2 Å². The van der Waals surface area contributed by atoms with E-state index in [1.165, 1.54) is 44.1 Å². The molecule has 1 unspecified atom stereocenters. The summed E-state index contributed by atoms with van der Waals surface area (Å²) in [7, 11) is 0. The lowest BCUT2D eigenvalue weighted by Crippen LogP contribution is -2.53. The first-order valence-electron chi connectivity index (χ1n) is 13.2. The predicted molar refractivity (Wildman–Crippen MR) is 130 cm³/mol. The van der Waals surface area contributed by atoms with Crippen molar-refractivity contribution in [3.8, 4) is 0 Å². The second-order valence-electron chi connectivity index (χ2n) is 12.9. The summed E-state index contributed by atoms with van der Waals surface area (Å²) in [4.78, 5) is 0. The van der Waals surface area contributed by atoms with Gasteiger partial charge in [0, 0.05) is 0 Å². The van der Waals surface area contributed by atoms with Crippen molar-refractivity contribution in [2.45, 2.75) is 125 Å². The van der Waals surface area contributed by atoms with Gasteiger partial charge in [-0.05, 0) is 119 Å². The lowest BCUT2D eigenvalue weighted by Gasteiger charge is -2.59. The molecule has 0 saturated heterocycles. The average Bonchev–Trinajstić information content (AvgIpc) is 2.99. The summed E-state index contributed by atoms with van der Waals surface area (Å²) in [5.74, 6) is 1.78. The first-order valence-corrected chi connectivity index (χ1v) is 13.2. The predicted octanol–water partition coefficient (Wildman–Crippen LogP) is 7.20. The lowest BCUT2D eigenvalue weighted by molar-refractivity contribution is -0.0606. The number of allylic oxidation sites excluding steroid dienone is 3. The minimum Gasteiger partial charge on any atom is -0.393 e. The van der Waals surface area contributed by atoms with Crippen LogP contribution in [-0.4, -0.2) is 22.4 Å². The Labute approximate surface area is 191 Å². The van der Waals surface area contributed by atoms with Gasteiger partial charge in [-0.3, -0.25) is 0 Å². The highest BCUT2D eigenvalue weighted by Gasteiger charge is 2.62. The Kier molecular flexibility index (Phi) is 6.09. The third kappa shape index (κ3) is 3.50. The van der Waals surface area contributed by atoms with Crippen LogP contribution in [0, 0.1) is 34.0 Å². The molecule has 4 rings (SSSR count). The van der Waals surface area contributed by atoms with Crippen LogP contribution in [0.15, 0.2) is 22.3 Å². The molecule has 0 aromatic heterocycles. The fourth-order valence-electron chi connectivity index (χ4n) is 8.70. The molecule has 0 amide bonds. The Morgan fingerprint density at radius 2 is 1.71 bits per heavy atom. The third-order valence-corrected chi connectivity index (χ3v) is 11.4. The van der Waals surface area contributed by atoms with E-state index >= 15 is 0 Å². The molecule has 0 radical (unpaired) electrons. The highest BCUT2D eigenvalue weighted by atomic mass is 16.3. The van der Waals surface area contributed by atoms with Gasteiger partial charge in [0.15, 0.2) is 0 Å². The van der Waals surface area contributed by atoms with Crippen LogP contribution in [0.5, 0.6) is 0 Å². The number of aliphatic hydroxyl groups excluding tert-OH is 2. The summed E-state index contributed by atoms with van der Waals surface area (Å²) >= 11 is 0. The molecule has 0 aliphatic heterocycles. The van der Waals surface area contributed by atoms with E-state index in [0.717, 1.165) is 37.5 Å². The summed E-state index contributed by atoms with van der Waals surface area (Å²) in [5.41, 5.74) is 7.07. The Hall–Kier alpha value is -0.600. The maximum absolute atomic E-state index is 11.3. The van der Waals surface area contributed by atoms with E-state index in [2.05, 4.69) is 48.5 Å². The Bertz CT molecular complexity index is 774. The summed E-state index contributed by atoms with van der Waals surface area (Å²) in [6.07, 6.45) is 10.8. The smallest absolute Gasteiger partial charge is 0.0615 e. The van der Waals surface area contributed by atoms with Crippen LogP contribution in [0.3, 0.4) is 0 Å². The van der Waals surface area contributed by atoms with Crippen LogP contribution in [0.25, 0.3) is 0 Å². The van der Waals surface area contributed by atoms with E-state index < -0.39 is 0 Å². The molecule has 0 spiro atoms. The van der Waals surface area contributed by atoms with Crippen LogP contribution in [0.1, 0.15) is 113 Å². The fourth-order valence-corrected chi connectivity index (χ4v) is 8.70. The molecular formula is C29H48O2. The van der Waals surface area contributed by atoms with E-state index in [1.807, 2.05) is 0 Å². The second-order valence-corrected chi connectivity index (χ2v) is 12.9. The maximum Gasteiger partial charge on any atom is 0.0615 e. The van der Waals surface area contributed by atoms with Gasteiger partial charge in [-0.15, -0.1) is 0 Å². The minimum atomic E-state index is -0.283. The van der Waals surface area contributed by atoms with Crippen molar-refractivity contribution in [3.63, 3.8) is 0 Å². The Morgan fingerprint density at radius 1 is 1.00 bits per heavy atom. The summed E-state index contributed by atoms with van der Waals surface area (Å²) < 4.78 is 0. The topological polar surface area (TPSA) is 40.5 Å². The van der Waals surface area contributed by atoms with Gasteiger partial charge in [0.2, 0.25) is 0 Å². The number of hydrogen-bond acceptors (Lipinski definition) is 2. The van der Waals surface area contributed by atoms with Gasteiger partial charge in [0.05, 0.1) is 12.2 Å². The van der Waals surface area contributed by atoms with Crippen LogP contribution in [0.4, 0.5) is 0 Å².